The molecule has 0 saturated carbocycles. The van der Waals surface area contributed by atoms with E-state index in [4.69, 9.17) is 5.73 Å². The quantitative estimate of drug-likeness (QED) is 0.859. The molecule has 0 aromatic carbocycles. The summed E-state index contributed by atoms with van der Waals surface area (Å²) >= 11 is 0. The second-order valence-electron chi connectivity index (χ2n) is 4.18. The number of likely N-dealkylation sites (N-methyl/N-ethyl adjacent to an activating group) is 1. The fourth-order valence-electron chi connectivity index (χ4n) is 1.51. The lowest BCUT2D eigenvalue weighted by Crippen LogP contribution is -2.26. The highest BCUT2D eigenvalue weighted by Gasteiger charge is 2.07. The van der Waals surface area contributed by atoms with Crippen molar-refractivity contribution >= 4 is 11.7 Å². The van der Waals surface area contributed by atoms with Crippen molar-refractivity contribution in [2.24, 2.45) is 0 Å². The number of nitrogens with two attached hydrogens (primary N) is 1. The first-order chi connectivity index (χ1) is 8.56. The van der Waals surface area contributed by atoms with Crippen molar-refractivity contribution in [3.63, 3.8) is 0 Å². The zero-order chi connectivity index (χ0) is 13.1. The molecule has 0 saturated heterocycles. The molecule has 0 bridgehead atoms. The van der Waals surface area contributed by atoms with Crippen molar-refractivity contribution < 1.29 is 4.79 Å². The maximum absolute atomic E-state index is 11.5. The van der Waals surface area contributed by atoms with E-state index in [1.165, 1.54) is 4.90 Å². The summed E-state index contributed by atoms with van der Waals surface area (Å²) in [5.74, 6) is 0.462. The van der Waals surface area contributed by atoms with E-state index in [9.17, 15) is 4.79 Å². The van der Waals surface area contributed by atoms with Gasteiger partial charge in [0, 0.05) is 32.1 Å². The molecule has 0 fully saturated rings. The number of aromatic nitrogens is 3. The van der Waals surface area contributed by atoms with Gasteiger partial charge in [-0.3, -0.25) is 9.48 Å². The molecule has 0 aliphatic rings. The lowest BCUT2D eigenvalue weighted by Gasteiger charge is -2.09. The van der Waals surface area contributed by atoms with Crippen LogP contribution in [0.2, 0.25) is 0 Å². The van der Waals surface area contributed by atoms with Gasteiger partial charge in [0.25, 0.3) is 0 Å². The summed E-state index contributed by atoms with van der Waals surface area (Å²) in [7, 11) is 3.44. The van der Waals surface area contributed by atoms with E-state index in [0.717, 1.165) is 11.1 Å². The molecule has 6 nitrogen and oxygen atoms in total. The first-order valence-electron chi connectivity index (χ1n) is 5.51. The number of nitrogens with zero attached hydrogens (tertiary/aromatic N) is 4. The Morgan fingerprint density at radius 3 is 2.89 bits per heavy atom. The fraction of sp³-hybridized carbons (Fsp3) is 0.250. The van der Waals surface area contributed by atoms with Crippen LogP contribution in [0, 0.1) is 0 Å². The molecule has 94 valence electrons. The van der Waals surface area contributed by atoms with Crippen LogP contribution in [0.3, 0.4) is 0 Å². The minimum absolute atomic E-state index is 0.00103. The predicted molar refractivity (Wildman–Crippen MR) is 68.6 cm³/mol. The summed E-state index contributed by atoms with van der Waals surface area (Å²) in [6.07, 6.45) is 5.17. The minimum Gasteiger partial charge on any atom is -0.384 e. The third-order valence-corrected chi connectivity index (χ3v) is 2.54. The van der Waals surface area contributed by atoms with Crippen LogP contribution in [0.1, 0.15) is 0 Å². The topological polar surface area (TPSA) is 77.0 Å². The van der Waals surface area contributed by atoms with E-state index in [1.807, 2.05) is 12.3 Å². The molecule has 0 unspecified atom stereocenters. The van der Waals surface area contributed by atoms with Crippen LogP contribution < -0.4 is 5.73 Å². The third kappa shape index (κ3) is 2.65. The van der Waals surface area contributed by atoms with Gasteiger partial charge in [-0.1, -0.05) is 0 Å². The molecule has 2 aromatic rings. The standard InChI is InChI=1S/C12H15N5O/c1-16(2)12(18)8-17-7-10(6-15-17)9-3-4-14-11(13)5-9/h3-7H,8H2,1-2H3,(H2,13,14). The van der Waals surface area contributed by atoms with Crippen LogP contribution in [-0.2, 0) is 11.3 Å². The number of rotatable bonds is 3. The van der Waals surface area contributed by atoms with E-state index in [1.54, 1.807) is 37.2 Å². The Bertz CT molecular complexity index is 561. The Labute approximate surface area is 105 Å². The van der Waals surface area contributed by atoms with Crippen molar-refractivity contribution in [3.8, 4) is 11.1 Å². The van der Waals surface area contributed by atoms with E-state index in [2.05, 4.69) is 10.1 Å². The Hall–Kier alpha value is -2.37. The SMILES string of the molecule is CN(C)C(=O)Cn1cc(-c2ccnc(N)c2)cn1. The average molecular weight is 245 g/mol. The van der Waals surface area contributed by atoms with Gasteiger partial charge >= 0.3 is 0 Å². The summed E-state index contributed by atoms with van der Waals surface area (Å²) < 4.78 is 1.61. The molecule has 0 aliphatic heterocycles. The van der Waals surface area contributed by atoms with E-state index in [-0.39, 0.29) is 12.5 Å². The zero-order valence-corrected chi connectivity index (χ0v) is 10.4. The van der Waals surface area contributed by atoms with Gasteiger partial charge in [-0.05, 0) is 17.7 Å². The van der Waals surface area contributed by atoms with Crippen LogP contribution >= 0.6 is 0 Å². The van der Waals surface area contributed by atoms with Crippen molar-refractivity contribution in [3.05, 3.63) is 30.7 Å². The Morgan fingerprint density at radius 2 is 2.22 bits per heavy atom. The first kappa shape index (κ1) is 12.1. The molecular weight excluding hydrogens is 230 g/mol. The third-order valence-electron chi connectivity index (χ3n) is 2.54. The molecule has 6 heteroatoms. The Kier molecular flexibility index (Phi) is 3.27. The molecular formula is C12H15N5O. The second kappa shape index (κ2) is 4.87. The number of carbonyl (C=O) groups is 1. The monoisotopic (exact) mass is 245 g/mol. The summed E-state index contributed by atoms with van der Waals surface area (Å²) in [4.78, 5) is 17.0. The highest BCUT2D eigenvalue weighted by Crippen LogP contribution is 2.19. The highest BCUT2D eigenvalue weighted by molar-refractivity contribution is 5.75. The van der Waals surface area contributed by atoms with Crippen LogP contribution in [0.15, 0.2) is 30.7 Å². The largest absolute Gasteiger partial charge is 0.384 e. The lowest BCUT2D eigenvalue weighted by atomic mass is 10.1. The van der Waals surface area contributed by atoms with Crippen LogP contribution in [0.5, 0.6) is 0 Å². The molecule has 18 heavy (non-hydrogen) atoms. The average Bonchev–Trinajstić information content (AvgIpc) is 2.77. The van der Waals surface area contributed by atoms with Gasteiger partial charge in [0.15, 0.2) is 0 Å². The number of hydrogen-bond donors (Lipinski definition) is 1. The summed E-state index contributed by atoms with van der Waals surface area (Å²) in [5, 5.41) is 4.15. The van der Waals surface area contributed by atoms with Gasteiger partial charge in [0.1, 0.15) is 12.4 Å². The number of pyridine rings is 1. The molecule has 0 atom stereocenters. The second-order valence-corrected chi connectivity index (χ2v) is 4.18. The van der Waals surface area contributed by atoms with Crippen LogP contribution in [0.4, 0.5) is 5.82 Å². The first-order valence-corrected chi connectivity index (χ1v) is 5.51. The van der Waals surface area contributed by atoms with Crippen molar-refractivity contribution in [2.45, 2.75) is 6.54 Å². The summed E-state index contributed by atoms with van der Waals surface area (Å²) in [6.45, 7) is 0.230. The number of carbonyl (C=O) groups excluding carboxylic acids is 1. The highest BCUT2D eigenvalue weighted by atomic mass is 16.2. The number of hydrogen-bond acceptors (Lipinski definition) is 4. The Morgan fingerprint density at radius 1 is 1.44 bits per heavy atom. The van der Waals surface area contributed by atoms with Crippen molar-refractivity contribution in [1.82, 2.24) is 19.7 Å². The number of nitrogen functional groups attached to an aromatic ring is 1. The molecule has 2 aromatic heterocycles. The minimum atomic E-state index is -0.00103. The zero-order valence-electron chi connectivity index (χ0n) is 10.4. The maximum atomic E-state index is 11.5. The molecule has 2 rings (SSSR count). The fourth-order valence-corrected chi connectivity index (χ4v) is 1.51. The molecule has 0 spiro atoms. The molecule has 0 aliphatic carbocycles. The van der Waals surface area contributed by atoms with Gasteiger partial charge in [-0.2, -0.15) is 5.10 Å². The van der Waals surface area contributed by atoms with Gasteiger partial charge < -0.3 is 10.6 Å². The summed E-state index contributed by atoms with van der Waals surface area (Å²) in [6, 6.07) is 3.63. The van der Waals surface area contributed by atoms with Crippen LogP contribution in [-0.4, -0.2) is 39.7 Å². The van der Waals surface area contributed by atoms with Crippen LogP contribution in [0.25, 0.3) is 11.1 Å². The van der Waals surface area contributed by atoms with E-state index in [0.29, 0.717) is 5.82 Å². The van der Waals surface area contributed by atoms with Gasteiger partial charge in [-0.25, -0.2) is 4.98 Å². The summed E-state index contributed by atoms with van der Waals surface area (Å²) in [5.41, 5.74) is 7.47. The normalized spacial score (nSPS) is 10.3. The van der Waals surface area contributed by atoms with Gasteiger partial charge in [0.05, 0.1) is 6.20 Å². The van der Waals surface area contributed by atoms with E-state index < -0.39 is 0 Å². The molecule has 0 radical (unpaired) electrons. The predicted octanol–water partition coefficient (Wildman–Crippen LogP) is 0.615. The number of anilines is 1. The lowest BCUT2D eigenvalue weighted by molar-refractivity contribution is -0.129. The molecule has 2 N–H and O–H groups in total. The van der Waals surface area contributed by atoms with Crippen molar-refractivity contribution in [2.75, 3.05) is 19.8 Å². The van der Waals surface area contributed by atoms with Gasteiger partial charge in [0.2, 0.25) is 5.91 Å². The maximum Gasteiger partial charge on any atom is 0.243 e. The van der Waals surface area contributed by atoms with Gasteiger partial charge in [-0.15, -0.1) is 0 Å². The smallest absolute Gasteiger partial charge is 0.243 e. The number of amides is 1. The molecule has 2 heterocycles. The Balaban J connectivity index is 2.18. The van der Waals surface area contributed by atoms with E-state index >= 15 is 0 Å². The van der Waals surface area contributed by atoms with Crippen molar-refractivity contribution in [1.29, 1.82) is 0 Å². The molecule has 1 amide bonds.